The Labute approximate surface area is 83.1 Å². The molecule has 1 N–H and O–H groups in total. The van der Waals surface area contributed by atoms with Crippen LogP contribution in [0.25, 0.3) is 0 Å². The molecule has 14 heavy (non-hydrogen) atoms. The van der Waals surface area contributed by atoms with Gasteiger partial charge < -0.3 is 9.52 Å². The van der Waals surface area contributed by atoms with Crippen LogP contribution in [-0.2, 0) is 11.3 Å². The third-order valence-corrected chi connectivity index (χ3v) is 2.25. The fourth-order valence-corrected chi connectivity index (χ4v) is 1.28. The highest BCUT2D eigenvalue weighted by molar-refractivity contribution is 5.72. The third kappa shape index (κ3) is 2.60. The molecular formula is C10H15NO3. The standard InChI is InChI=1S/C10H15NO3/c1-3-11(8(2)10(12)13)7-9-5-4-6-14-9/h4-6,8H,3,7H2,1-2H3,(H,12,13). The minimum atomic E-state index is -0.807. The molecule has 1 atom stereocenters. The van der Waals surface area contributed by atoms with E-state index in [9.17, 15) is 4.79 Å². The van der Waals surface area contributed by atoms with Gasteiger partial charge in [0.05, 0.1) is 12.8 Å². The number of furan rings is 1. The highest BCUT2D eigenvalue weighted by Crippen LogP contribution is 2.08. The summed E-state index contributed by atoms with van der Waals surface area (Å²) in [6.07, 6.45) is 1.59. The first kappa shape index (κ1) is 10.8. The Morgan fingerprint density at radius 2 is 2.43 bits per heavy atom. The molecule has 0 aromatic carbocycles. The zero-order chi connectivity index (χ0) is 10.6. The van der Waals surface area contributed by atoms with Gasteiger partial charge in [-0.3, -0.25) is 9.69 Å². The van der Waals surface area contributed by atoms with E-state index in [1.807, 2.05) is 17.9 Å². The Bertz CT molecular complexity index is 282. The monoisotopic (exact) mass is 197 g/mol. The molecule has 0 saturated heterocycles. The van der Waals surface area contributed by atoms with E-state index in [1.165, 1.54) is 0 Å². The highest BCUT2D eigenvalue weighted by Gasteiger charge is 2.19. The van der Waals surface area contributed by atoms with Gasteiger partial charge >= 0.3 is 5.97 Å². The molecule has 0 aliphatic carbocycles. The number of likely N-dealkylation sites (N-methyl/N-ethyl adjacent to an activating group) is 1. The van der Waals surface area contributed by atoms with Crippen molar-refractivity contribution in [1.82, 2.24) is 4.90 Å². The Kier molecular flexibility index (Phi) is 3.71. The van der Waals surface area contributed by atoms with Crippen LogP contribution in [0.5, 0.6) is 0 Å². The molecule has 0 spiro atoms. The van der Waals surface area contributed by atoms with E-state index in [2.05, 4.69) is 0 Å². The van der Waals surface area contributed by atoms with Crippen molar-refractivity contribution in [2.45, 2.75) is 26.4 Å². The Balaban J connectivity index is 2.59. The van der Waals surface area contributed by atoms with Crippen LogP contribution >= 0.6 is 0 Å². The first-order valence-corrected chi connectivity index (χ1v) is 4.64. The fourth-order valence-electron chi connectivity index (χ4n) is 1.28. The van der Waals surface area contributed by atoms with Crippen LogP contribution in [0.2, 0.25) is 0 Å². The molecule has 0 radical (unpaired) electrons. The van der Waals surface area contributed by atoms with Crippen molar-refractivity contribution in [1.29, 1.82) is 0 Å². The number of hydrogen-bond donors (Lipinski definition) is 1. The van der Waals surface area contributed by atoms with Crippen LogP contribution < -0.4 is 0 Å². The van der Waals surface area contributed by atoms with E-state index in [0.717, 1.165) is 5.76 Å². The average Bonchev–Trinajstić information content (AvgIpc) is 2.65. The molecule has 4 nitrogen and oxygen atoms in total. The molecule has 0 aliphatic rings. The van der Waals surface area contributed by atoms with Gasteiger partial charge in [-0.25, -0.2) is 0 Å². The highest BCUT2D eigenvalue weighted by atomic mass is 16.4. The summed E-state index contributed by atoms with van der Waals surface area (Å²) in [5.74, 6) is -0.0154. The molecule has 4 heteroatoms. The summed E-state index contributed by atoms with van der Waals surface area (Å²) in [6, 6.07) is 3.16. The second-order valence-electron chi connectivity index (χ2n) is 3.16. The maximum absolute atomic E-state index is 10.8. The van der Waals surface area contributed by atoms with Crippen LogP contribution in [-0.4, -0.2) is 28.6 Å². The van der Waals surface area contributed by atoms with Crippen molar-refractivity contribution in [2.75, 3.05) is 6.54 Å². The van der Waals surface area contributed by atoms with Crippen LogP contribution in [0.4, 0.5) is 0 Å². The number of carbonyl (C=O) groups is 1. The lowest BCUT2D eigenvalue weighted by Crippen LogP contribution is -2.38. The molecule has 0 saturated carbocycles. The summed E-state index contributed by atoms with van der Waals surface area (Å²) in [5, 5.41) is 8.84. The summed E-state index contributed by atoms with van der Waals surface area (Å²) < 4.78 is 5.16. The molecule has 1 aromatic rings. The zero-order valence-electron chi connectivity index (χ0n) is 8.43. The molecule has 1 unspecified atom stereocenters. The van der Waals surface area contributed by atoms with Crippen LogP contribution in [0.1, 0.15) is 19.6 Å². The second kappa shape index (κ2) is 4.81. The lowest BCUT2D eigenvalue weighted by molar-refractivity contribution is -0.142. The summed E-state index contributed by atoms with van der Waals surface area (Å²) in [6.45, 7) is 4.84. The van der Waals surface area contributed by atoms with Gasteiger partial charge in [0.15, 0.2) is 0 Å². The number of carboxylic acid groups (broad SMARTS) is 1. The van der Waals surface area contributed by atoms with E-state index >= 15 is 0 Å². The molecule has 0 aliphatic heterocycles. The second-order valence-corrected chi connectivity index (χ2v) is 3.16. The first-order chi connectivity index (χ1) is 6.65. The lowest BCUT2D eigenvalue weighted by atomic mass is 10.2. The lowest BCUT2D eigenvalue weighted by Gasteiger charge is -2.23. The molecule has 0 fully saturated rings. The molecule has 1 heterocycles. The summed E-state index contributed by atoms with van der Waals surface area (Å²) in [7, 11) is 0. The summed E-state index contributed by atoms with van der Waals surface area (Å²) >= 11 is 0. The van der Waals surface area contributed by atoms with Crippen LogP contribution in [0.15, 0.2) is 22.8 Å². The van der Waals surface area contributed by atoms with Crippen LogP contribution in [0, 0.1) is 0 Å². The number of rotatable bonds is 5. The summed E-state index contributed by atoms with van der Waals surface area (Å²) in [5.41, 5.74) is 0. The van der Waals surface area contributed by atoms with E-state index in [0.29, 0.717) is 13.1 Å². The molecule has 0 amide bonds. The van der Waals surface area contributed by atoms with Gasteiger partial charge in [0.25, 0.3) is 0 Å². The number of hydrogen-bond acceptors (Lipinski definition) is 3. The number of carboxylic acids is 1. The van der Waals surface area contributed by atoms with E-state index in [-0.39, 0.29) is 0 Å². The maximum Gasteiger partial charge on any atom is 0.320 e. The van der Waals surface area contributed by atoms with E-state index in [4.69, 9.17) is 9.52 Å². The van der Waals surface area contributed by atoms with Gasteiger partial charge in [-0.1, -0.05) is 6.92 Å². The fraction of sp³-hybridized carbons (Fsp3) is 0.500. The van der Waals surface area contributed by atoms with Crippen molar-refractivity contribution in [3.63, 3.8) is 0 Å². The Morgan fingerprint density at radius 1 is 1.71 bits per heavy atom. The molecular weight excluding hydrogens is 182 g/mol. The average molecular weight is 197 g/mol. The van der Waals surface area contributed by atoms with Crippen molar-refractivity contribution in [2.24, 2.45) is 0 Å². The van der Waals surface area contributed by atoms with Gasteiger partial charge in [0, 0.05) is 0 Å². The number of nitrogens with zero attached hydrogens (tertiary/aromatic N) is 1. The molecule has 1 rings (SSSR count). The molecule has 0 bridgehead atoms. The van der Waals surface area contributed by atoms with E-state index < -0.39 is 12.0 Å². The van der Waals surface area contributed by atoms with Gasteiger partial charge in [-0.2, -0.15) is 0 Å². The molecule has 78 valence electrons. The topological polar surface area (TPSA) is 53.7 Å². The zero-order valence-corrected chi connectivity index (χ0v) is 8.43. The smallest absolute Gasteiger partial charge is 0.320 e. The minimum absolute atomic E-state index is 0.481. The normalized spacial score (nSPS) is 13.1. The third-order valence-electron chi connectivity index (χ3n) is 2.25. The van der Waals surface area contributed by atoms with Gasteiger partial charge in [0.1, 0.15) is 11.8 Å². The SMILES string of the molecule is CCN(Cc1ccco1)C(C)C(=O)O. The van der Waals surface area contributed by atoms with Crippen molar-refractivity contribution >= 4 is 5.97 Å². The number of aliphatic carboxylic acids is 1. The van der Waals surface area contributed by atoms with Crippen molar-refractivity contribution in [3.05, 3.63) is 24.2 Å². The summed E-state index contributed by atoms with van der Waals surface area (Å²) in [4.78, 5) is 12.6. The van der Waals surface area contributed by atoms with Gasteiger partial charge in [-0.15, -0.1) is 0 Å². The van der Waals surface area contributed by atoms with Crippen LogP contribution in [0.3, 0.4) is 0 Å². The van der Waals surface area contributed by atoms with E-state index in [1.54, 1.807) is 19.3 Å². The van der Waals surface area contributed by atoms with Gasteiger partial charge in [0.2, 0.25) is 0 Å². The van der Waals surface area contributed by atoms with Gasteiger partial charge in [-0.05, 0) is 25.6 Å². The predicted octanol–water partition coefficient (Wildman–Crippen LogP) is 1.57. The molecule has 1 aromatic heterocycles. The quantitative estimate of drug-likeness (QED) is 0.778. The largest absolute Gasteiger partial charge is 0.480 e. The first-order valence-electron chi connectivity index (χ1n) is 4.64. The minimum Gasteiger partial charge on any atom is -0.480 e. The van der Waals surface area contributed by atoms with Crippen molar-refractivity contribution in [3.8, 4) is 0 Å². The predicted molar refractivity (Wildman–Crippen MR) is 51.9 cm³/mol. The Morgan fingerprint density at radius 3 is 2.86 bits per heavy atom. The maximum atomic E-state index is 10.8. The Hall–Kier alpha value is -1.29. The van der Waals surface area contributed by atoms with Crippen molar-refractivity contribution < 1.29 is 14.3 Å².